The normalized spacial score (nSPS) is 20.0. The highest BCUT2D eigenvalue weighted by Gasteiger charge is 2.22. The number of thioether (sulfide) groups is 2. The zero-order chi connectivity index (χ0) is 50.3. The van der Waals surface area contributed by atoms with Gasteiger partial charge in [0.25, 0.3) is 0 Å². The largest absolute Gasteiger partial charge is 0.397 e. The molecule has 2 aromatic rings. The molecule has 5 N–H and O–H groups in total. The van der Waals surface area contributed by atoms with Crippen LogP contribution in [0.1, 0.15) is 222 Å². The number of hydrogen-bond acceptors (Lipinski definition) is 6. The molecule has 0 amide bonds. The van der Waals surface area contributed by atoms with Crippen molar-refractivity contribution in [2.24, 2.45) is 9.98 Å². The topological polar surface area (TPSA) is 93.1 Å². The Bertz CT molecular complexity index is 1810. The summed E-state index contributed by atoms with van der Waals surface area (Å²) >= 11 is 23.4. The van der Waals surface area contributed by atoms with Gasteiger partial charge in [-0.2, -0.15) is 0 Å². The zero-order valence-electron chi connectivity index (χ0n) is 44.1. The summed E-state index contributed by atoms with van der Waals surface area (Å²) < 4.78 is 2.31. The second kappa shape index (κ2) is 41.6. The number of benzene rings is 2. The molecule has 0 radical (unpaired) electrons. The molecule has 7 nitrogen and oxygen atoms in total. The van der Waals surface area contributed by atoms with Gasteiger partial charge in [-0.3, -0.25) is 9.98 Å². The summed E-state index contributed by atoms with van der Waals surface area (Å²) in [5, 5.41) is 27.5. The molecule has 0 unspecified atom stereocenters. The number of hydrogen-bond donors (Lipinski definition) is 5. The van der Waals surface area contributed by atoms with E-state index in [2.05, 4.69) is 121 Å². The zero-order valence-corrected chi connectivity index (χ0v) is 56.3. The van der Waals surface area contributed by atoms with E-state index in [-0.39, 0.29) is 40.6 Å². The Morgan fingerprint density at radius 3 is 1.14 bits per heavy atom. The standard InChI is InChI=1S/C34H53BrN4S2.C13H24N2S.C8H7Br3.C2H6O.2BrH/c35-28-22-21-26(24-40-33(36-29-13-5-1-6-14-29)37-30-15-7-2-8-16-30)27(23-28)25-41-34(38-31-17-9-3-10-18-31)39-32-19-11-4-12-20-32;16-13(14-11-7-3-1-4-8-11)15-12-9-5-2-6-10-12;9-4-6-1-2-8(11)3-7(6)5-10;1-2-3;;/h21-23,29-32H,1-20,24-25H2,(H,36,37)(H,38,39);11-12H,1-10H2,(H2,14,15,16);1-3H,4-5H2;3H,2H2,1H3;2*1H. The van der Waals surface area contributed by atoms with Crippen LogP contribution in [0.4, 0.5) is 0 Å². The van der Waals surface area contributed by atoms with Crippen molar-refractivity contribution in [1.29, 1.82) is 0 Å². The first-order valence-electron chi connectivity index (χ1n) is 28.0. The average Bonchev–Trinajstić information content (AvgIpc) is 3.40. The summed E-state index contributed by atoms with van der Waals surface area (Å²) in [6, 6.07) is 16.7. The fourth-order valence-corrected chi connectivity index (χ4v) is 15.0. The van der Waals surface area contributed by atoms with Crippen molar-refractivity contribution >= 4 is 149 Å². The molecule has 0 atom stereocenters. The first-order valence-corrected chi connectivity index (χ1v) is 34.2. The SMILES string of the molecule is Br.Br.BrCc1ccc(Br)cc1CBr.Brc1ccc(CSC(=NC2CCCCC2)NC2CCCCC2)c(CSC(=NC2CCCCC2)NC2CCCCC2)c1.CCO.S=C(NC1CCCCC1)NC1CCCCC1. The summed E-state index contributed by atoms with van der Waals surface area (Å²) in [4.78, 5) is 10.6. The lowest BCUT2D eigenvalue weighted by Crippen LogP contribution is -2.47. The summed E-state index contributed by atoms with van der Waals surface area (Å²) in [5.41, 5.74) is 5.52. The Morgan fingerprint density at radius 2 is 0.781 bits per heavy atom. The van der Waals surface area contributed by atoms with Gasteiger partial charge in [-0.15, -0.1) is 34.0 Å². The molecule has 0 spiro atoms. The molecule has 73 heavy (non-hydrogen) atoms. The third-order valence-electron chi connectivity index (χ3n) is 14.8. The lowest BCUT2D eigenvalue weighted by atomic mass is 9.95. The molecule has 0 bridgehead atoms. The predicted molar refractivity (Wildman–Crippen MR) is 351 cm³/mol. The van der Waals surface area contributed by atoms with E-state index in [0.29, 0.717) is 36.3 Å². The minimum atomic E-state index is 0. The first-order chi connectivity index (χ1) is 34.7. The molecule has 0 aromatic heterocycles. The summed E-state index contributed by atoms with van der Waals surface area (Å²) in [5.74, 6) is 1.94. The second-order valence-electron chi connectivity index (χ2n) is 20.7. The Balaban J connectivity index is 0.000000358. The molecular weight excluding hydrogens is 1360 g/mol. The van der Waals surface area contributed by atoms with Gasteiger partial charge in [0.05, 0.1) is 12.1 Å². The van der Waals surface area contributed by atoms with Crippen LogP contribution in [-0.2, 0) is 22.2 Å². The third kappa shape index (κ3) is 28.5. The van der Waals surface area contributed by atoms with Gasteiger partial charge in [0, 0.05) is 61.9 Å². The van der Waals surface area contributed by atoms with E-state index < -0.39 is 0 Å². The fourth-order valence-electron chi connectivity index (χ4n) is 10.7. The van der Waals surface area contributed by atoms with E-state index in [9.17, 15) is 0 Å². The lowest BCUT2D eigenvalue weighted by Gasteiger charge is -2.28. The van der Waals surface area contributed by atoms with Crippen molar-refractivity contribution in [2.75, 3.05) is 6.61 Å². The van der Waals surface area contributed by atoms with E-state index in [1.54, 1.807) is 6.92 Å². The van der Waals surface area contributed by atoms with E-state index in [1.165, 1.54) is 230 Å². The fraction of sp³-hybridized carbons (Fsp3) is 0.737. The number of aliphatic hydroxyl groups is 1. The summed E-state index contributed by atoms with van der Waals surface area (Å²) in [6.07, 6.45) is 40.0. The monoisotopic (exact) mass is 1450 g/mol. The van der Waals surface area contributed by atoms with Crippen molar-refractivity contribution < 1.29 is 5.11 Å². The van der Waals surface area contributed by atoms with Crippen LogP contribution >= 0.6 is 133 Å². The van der Waals surface area contributed by atoms with Crippen LogP contribution in [0.3, 0.4) is 0 Å². The lowest BCUT2D eigenvalue weighted by molar-refractivity contribution is 0.318. The van der Waals surface area contributed by atoms with Gasteiger partial charge in [0.1, 0.15) is 0 Å². The number of aliphatic imine (C=N–C) groups is 2. The highest BCUT2D eigenvalue weighted by molar-refractivity contribution is 9.11. The Hall–Kier alpha value is 0.610. The molecule has 8 rings (SSSR count). The molecule has 0 aliphatic heterocycles. The molecule has 0 heterocycles. The number of nitrogens with zero attached hydrogens (tertiary/aromatic N) is 2. The predicted octanol–water partition coefficient (Wildman–Crippen LogP) is 18.6. The van der Waals surface area contributed by atoms with Gasteiger partial charge in [-0.1, -0.05) is 215 Å². The summed E-state index contributed by atoms with van der Waals surface area (Å²) in [7, 11) is 0. The van der Waals surface area contributed by atoms with Crippen molar-refractivity contribution in [1.82, 2.24) is 21.3 Å². The van der Waals surface area contributed by atoms with Gasteiger partial charge in [0.2, 0.25) is 0 Å². The molecule has 2 aromatic carbocycles. The van der Waals surface area contributed by atoms with Gasteiger partial charge >= 0.3 is 0 Å². The van der Waals surface area contributed by atoms with Gasteiger partial charge < -0.3 is 26.4 Å². The first kappa shape index (κ1) is 67.9. The smallest absolute Gasteiger partial charge is 0.166 e. The van der Waals surface area contributed by atoms with E-state index in [0.717, 1.165) is 31.8 Å². The van der Waals surface area contributed by atoms with Crippen LogP contribution in [0, 0.1) is 0 Å². The van der Waals surface area contributed by atoms with Crippen LogP contribution in [0.5, 0.6) is 0 Å². The van der Waals surface area contributed by atoms with Crippen molar-refractivity contribution in [3.63, 3.8) is 0 Å². The second-order valence-corrected chi connectivity index (χ2v) is 26.0. The maximum atomic E-state index is 7.57. The number of rotatable bonds is 12. The number of alkyl halides is 2. The van der Waals surface area contributed by atoms with E-state index in [4.69, 9.17) is 27.3 Å². The van der Waals surface area contributed by atoms with Crippen LogP contribution in [0.15, 0.2) is 55.3 Å². The molecule has 16 heteroatoms. The minimum absolute atomic E-state index is 0. The maximum absolute atomic E-state index is 7.57. The highest BCUT2D eigenvalue weighted by Crippen LogP contribution is 2.30. The average molecular weight is 1450 g/mol. The van der Waals surface area contributed by atoms with Crippen LogP contribution in [0.2, 0.25) is 0 Å². The van der Waals surface area contributed by atoms with Crippen molar-refractivity contribution in [3.8, 4) is 0 Å². The quantitative estimate of drug-likeness (QED) is 0.0621. The number of thiocarbonyl (C=S) groups is 1. The molecule has 0 saturated heterocycles. The molecular formula is C57H92Br6N6OS3. The molecule has 6 aliphatic carbocycles. The number of nitrogens with one attached hydrogen (secondary N) is 4. The van der Waals surface area contributed by atoms with E-state index >= 15 is 0 Å². The van der Waals surface area contributed by atoms with E-state index in [1.807, 2.05) is 23.5 Å². The molecule has 6 saturated carbocycles. The van der Waals surface area contributed by atoms with Gasteiger partial charge in [0.15, 0.2) is 15.4 Å². The third-order valence-corrected chi connectivity index (χ3v) is 19.2. The van der Waals surface area contributed by atoms with Crippen LogP contribution in [0.25, 0.3) is 0 Å². The van der Waals surface area contributed by atoms with Gasteiger partial charge in [-0.25, -0.2) is 0 Å². The van der Waals surface area contributed by atoms with Gasteiger partial charge in [-0.05, 0) is 143 Å². The molecule has 6 fully saturated rings. The number of halogens is 6. The Kier molecular flexibility index (Phi) is 38.7. The number of amidine groups is 2. The van der Waals surface area contributed by atoms with Crippen molar-refractivity contribution in [3.05, 3.63) is 67.6 Å². The summed E-state index contributed by atoms with van der Waals surface area (Å²) in [6.45, 7) is 1.93. The number of aliphatic hydroxyl groups excluding tert-OH is 1. The van der Waals surface area contributed by atoms with Crippen LogP contribution in [-0.4, -0.2) is 63.4 Å². The maximum Gasteiger partial charge on any atom is 0.166 e. The Morgan fingerprint density at radius 1 is 0.479 bits per heavy atom. The van der Waals surface area contributed by atoms with Crippen LogP contribution < -0.4 is 21.3 Å². The highest BCUT2D eigenvalue weighted by atomic mass is 79.9. The minimum Gasteiger partial charge on any atom is -0.397 e. The molecule has 416 valence electrons. The Labute approximate surface area is 512 Å². The van der Waals surface area contributed by atoms with Crippen molar-refractivity contribution in [2.45, 2.75) is 258 Å². The molecule has 6 aliphatic rings.